The number of esters is 1. The molecule has 0 bridgehead atoms. The van der Waals surface area contributed by atoms with Gasteiger partial charge in [-0.05, 0) is 73.3 Å². The van der Waals surface area contributed by atoms with E-state index in [1.807, 2.05) is 39.0 Å². The number of nitrogens with one attached hydrogen (secondary N) is 1. The summed E-state index contributed by atoms with van der Waals surface area (Å²) in [5.74, 6) is -3.38. The highest BCUT2D eigenvalue weighted by Gasteiger charge is 2.55. The number of ether oxygens (including phenoxy) is 7. The van der Waals surface area contributed by atoms with Gasteiger partial charge in [0.1, 0.15) is 23.9 Å². The van der Waals surface area contributed by atoms with Gasteiger partial charge in [-0.2, -0.15) is 0 Å². The summed E-state index contributed by atoms with van der Waals surface area (Å²) in [6, 6.07) is 9.22. The van der Waals surface area contributed by atoms with Crippen LogP contribution in [-0.4, -0.2) is 148 Å². The van der Waals surface area contributed by atoms with Gasteiger partial charge in [0, 0.05) is 39.5 Å². The predicted octanol–water partition coefficient (Wildman–Crippen LogP) is 4.42. The lowest BCUT2D eigenvalue weighted by atomic mass is 9.77. The van der Waals surface area contributed by atoms with Crippen molar-refractivity contribution in [1.82, 2.24) is 10.2 Å². The van der Waals surface area contributed by atoms with E-state index in [0.717, 1.165) is 17.2 Å². The number of hydrogen-bond acceptors (Lipinski definition) is 14. The molecule has 1 aromatic rings. The Hall–Kier alpha value is -2.38. The minimum absolute atomic E-state index is 0.0345. The molecule has 0 unspecified atom stereocenters. The number of amides is 1. The first-order valence-electron chi connectivity index (χ1n) is 21.9. The van der Waals surface area contributed by atoms with Gasteiger partial charge in [-0.1, -0.05) is 62.9 Å². The highest BCUT2D eigenvalue weighted by molar-refractivity contribution is 8.14. The molecule has 0 spiro atoms. The van der Waals surface area contributed by atoms with E-state index in [2.05, 4.69) is 29.4 Å². The number of carbonyl (C=O) groups is 2. The van der Waals surface area contributed by atoms with Gasteiger partial charge < -0.3 is 58.7 Å². The van der Waals surface area contributed by atoms with E-state index >= 15 is 0 Å². The van der Waals surface area contributed by atoms with Crippen molar-refractivity contribution < 1.29 is 58.1 Å². The number of fused-ring (bicyclic) bond motifs is 1. The summed E-state index contributed by atoms with van der Waals surface area (Å²) >= 11 is 1.61. The van der Waals surface area contributed by atoms with E-state index in [1.54, 1.807) is 60.4 Å². The molecule has 1 amide bonds. The van der Waals surface area contributed by atoms with Gasteiger partial charge in [-0.25, -0.2) is 0 Å². The first kappa shape index (κ1) is 49.6. The van der Waals surface area contributed by atoms with Gasteiger partial charge in [0.25, 0.3) is 0 Å². The van der Waals surface area contributed by atoms with Gasteiger partial charge >= 0.3 is 5.97 Å². The maximum absolute atomic E-state index is 14.5. The van der Waals surface area contributed by atoms with E-state index in [-0.39, 0.29) is 42.6 Å². The van der Waals surface area contributed by atoms with Crippen LogP contribution < -0.4 is 5.32 Å². The highest BCUT2D eigenvalue weighted by Crippen LogP contribution is 2.45. The van der Waals surface area contributed by atoms with Crippen LogP contribution in [0.15, 0.2) is 35.3 Å². The Kier molecular flexibility index (Phi) is 16.4. The lowest BCUT2D eigenvalue weighted by Crippen LogP contribution is -2.60. The molecule has 4 aliphatic rings. The predicted molar refractivity (Wildman–Crippen MR) is 232 cm³/mol. The number of benzene rings is 1. The molecule has 1 aromatic carbocycles. The molecule has 4 fully saturated rings. The Morgan fingerprint density at radius 2 is 1.59 bits per heavy atom. The van der Waals surface area contributed by atoms with Gasteiger partial charge in [-0.15, -0.1) is 0 Å². The van der Waals surface area contributed by atoms with Crippen molar-refractivity contribution in [3.05, 3.63) is 35.9 Å². The van der Waals surface area contributed by atoms with Gasteiger partial charge in [0.2, 0.25) is 5.91 Å². The quantitative estimate of drug-likeness (QED) is 0.256. The van der Waals surface area contributed by atoms with Crippen LogP contribution in [0.25, 0.3) is 0 Å². The van der Waals surface area contributed by atoms with Crippen LogP contribution in [-0.2, 0) is 49.3 Å². The largest absolute Gasteiger partial charge is 0.459 e. The summed E-state index contributed by atoms with van der Waals surface area (Å²) in [4.78, 5) is 35.6. The molecule has 0 aromatic heterocycles. The Bertz CT molecular complexity index is 1660. The normalized spacial score (nSPS) is 45.1. The van der Waals surface area contributed by atoms with Crippen LogP contribution >= 0.6 is 11.8 Å². The molecule has 4 N–H and O–H groups in total. The molecule has 4 heterocycles. The summed E-state index contributed by atoms with van der Waals surface area (Å²) in [6.45, 7) is 18.1. The zero-order valence-electron chi connectivity index (χ0n) is 38.4. The second-order valence-corrected chi connectivity index (χ2v) is 19.7. The van der Waals surface area contributed by atoms with E-state index < -0.39 is 95.8 Å². The molecular weight excluding hydrogens is 807 g/mol. The number of nitrogens with zero attached hydrogens (tertiary/aromatic N) is 2. The van der Waals surface area contributed by atoms with Crippen LogP contribution in [0, 0.1) is 17.8 Å². The molecule has 4 aliphatic heterocycles. The van der Waals surface area contributed by atoms with Gasteiger partial charge in [0.05, 0.1) is 65.4 Å². The summed E-state index contributed by atoms with van der Waals surface area (Å²) in [6.07, 6.45) is -6.79. The minimum atomic E-state index is -1.94. The molecule has 16 heteroatoms. The van der Waals surface area contributed by atoms with Crippen molar-refractivity contribution in [2.24, 2.45) is 22.7 Å². The number of methoxy groups -OCH3 is 2. The molecule has 61 heavy (non-hydrogen) atoms. The van der Waals surface area contributed by atoms with E-state index in [0.29, 0.717) is 6.54 Å². The molecule has 5 rings (SSSR count). The number of amidine groups is 1. The molecule has 15 nitrogen and oxygen atoms in total. The summed E-state index contributed by atoms with van der Waals surface area (Å²) < 4.78 is 45.4. The summed E-state index contributed by atoms with van der Waals surface area (Å²) in [7, 11) is 5.15. The number of carbonyl (C=O) groups excluding carboxylic acids is 2. The number of cyclic esters (lactones) is 1. The topological polar surface area (TPSA) is 187 Å². The third kappa shape index (κ3) is 10.8. The SMILES string of the molecule is CC[C@H]1OC(=O)[C@H](C)[C@@H](O[C@H]2C[C@@](C)(OC)[C@@H](O)[C@H](C)O2)[C@H](C)[C@@H](O[C@@H]2O[C@H](C)C[C@H]3[C@@H]2SC(=NCc2ccccc2)N3C)[C@](C)(OC)C[C@@H](C)C(=O)N[C@H](C)[C@@H](O)[C@]1(C)O. The van der Waals surface area contributed by atoms with Crippen LogP contribution in [0.1, 0.15) is 100 Å². The second kappa shape index (κ2) is 20.2. The first-order valence-corrected chi connectivity index (χ1v) is 22.8. The molecule has 346 valence electrons. The molecule has 0 radical (unpaired) electrons. The third-order valence-corrected chi connectivity index (χ3v) is 15.2. The van der Waals surface area contributed by atoms with Crippen molar-refractivity contribution in [3.63, 3.8) is 0 Å². The number of aliphatic imine (C=N–C) groups is 1. The zero-order valence-corrected chi connectivity index (χ0v) is 39.2. The Balaban J connectivity index is 1.59. The van der Waals surface area contributed by atoms with Crippen LogP contribution in [0.3, 0.4) is 0 Å². The molecule has 0 aliphatic carbocycles. The maximum atomic E-state index is 14.5. The van der Waals surface area contributed by atoms with E-state index in [4.69, 9.17) is 38.2 Å². The highest BCUT2D eigenvalue weighted by atomic mass is 32.2. The van der Waals surface area contributed by atoms with Gasteiger partial charge in [0.15, 0.2) is 17.7 Å². The zero-order chi connectivity index (χ0) is 45.2. The average molecular weight is 880 g/mol. The number of rotatable bonds is 9. The lowest BCUT2D eigenvalue weighted by Gasteiger charge is -2.49. The molecule has 0 saturated carbocycles. The maximum Gasteiger partial charge on any atom is 0.311 e. The van der Waals surface area contributed by atoms with Crippen LogP contribution in [0.4, 0.5) is 0 Å². The molecule has 18 atom stereocenters. The smallest absolute Gasteiger partial charge is 0.311 e. The van der Waals surface area contributed by atoms with Crippen molar-refractivity contribution in [1.29, 1.82) is 0 Å². The lowest BCUT2D eigenvalue weighted by molar-refractivity contribution is -0.308. The standard InChI is InChI=1S/C45H73N3O12S/c1-14-32-45(10,53)36(49)28(6)47-39(51)24(2)21-44(9,55-13)38(26(4)34(27(5)40(52)58-32)59-33-22-43(8,54-12)37(50)29(7)57-33)60-41-35-31(20-25(3)56-41)48(11)42(61-35)46-23-30-18-16-15-17-19-30/h15-19,24-29,31-38,41,49-50,53H,14,20-23H2,1-13H3,(H,47,51)/t24-,25-,26+,27-,28-,29+,31+,32-,33+,34+,35+,36-,37+,38-,41+,43-,44-,45-/m1/s1. The average Bonchev–Trinajstić information content (AvgIpc) is 3.55. The summed E-state index contributed by atoms with van der Waals surface area (Å²) in [5, 5.41) is 37.8. The minimum Gasteiger partial charge on any atom is -0.459 e. The third-order valence-electron chi connectivity index (χ3n) is 13.7. The van der Waals surface area contributed by atoms with E-state index in [1.165, 1.54) is 14.0 Å². The first-order chi connectivity index (χ1) is 28.6. The Morgan fingerprint density at radius 1 is 0.934 bits per heavy atom. The Labute approximate surface area is 366 Å². The van der Waals surface area contributed by atoms with Crippen molar-refractivity contribution in [2.45, 2.75) is 191 Å². The van der Waals surface area contributed by atoms with E-state index in [9.17, 15) is 24.9 Å². The number of thioether (sulfide) groups is 1. The fourth-order valence-electron chi connectivity index (χ4n) is 9.64. The number of aliphatic hydroxyl groups excluding tert-OH is 2. The monoisotopic (exact) mass is 879 g/mol. The molecule has 4 saturated heterocycles. The number of hydrogen-bond donors (Lipinski definition) is 4. The fraction of sp³-hybridized carbons (Fsp3) is 0.800. The van der Waals surface area contributed by atoms with Crippen LogP contribution in [0.2, 0.25) is 0 Å². The number of aliphatic hydroxyl groups is 3. The van der Waals surface area contributed by atoms with Crippen molar-refractivity contribution in [3.8, 4) is 0 Å². The second-order valence-electron chi connectivity index (χ2n) is 18.6. The van der Waals surface area contributed by atoms with Gasteiger partial charge in [-0.3, -0.25) is 14.6 Å². The molecular formula is C45H73N3O12S. The fourth-order valence-corrected chi connectivity index (χ4v) is 11.0. The van der Waals surface area contributed by atoms with Crippen molar-refractivity contribution in [2.75, 3.05) is 21.3 Å². The Morgan fingerprint density at radius 3 is 2.21 bits per heavy atom. The van der Waals surface area contributed by atoms with Crippen molar-refractivity contribution >= 4 is 28.8 Å². The summed E-state index contributed by atoms with van der Waals surface area (Å²) in [5.41, 5.74) is -3.06. The van der Waals surface area contributed by atoms with Crippen LogP contribution in [0.5, 0.6) is 0 Å².